The van der Waals surface area contributed by atoms with Crippen molar-refractivity contribution in [3.8, 4) is 0 Å². The molecule has 2 aromatic rings. The Labute approximate surface area is 133 Å². The summed E-state index contributed by atoms with van der Waals surface area (Å²) in [4.78, 5) is 30.6. The Balaban J connectivity index is 1.61. The summed E-state index contributed by atoms with van der Waals surface area (Å²) in [6.45, 7) is 0.881. The monoisotopic (exact) mass is 308 g/mol. The fourth-order valence-electron chi connectivity index (χ4n) is 3.21. The van der Waals surface area contributed by atoms with Crippen LogP contribution in [0.5, 0.6) is 0 Å². The summed E-state index contributed by atoms with van der Waals surface area (Å²) in [5, 5.41) is 5.71. The molecule has 116 valence electrons. The maximum Gasteiger partial charge on any atom is 0.255 e. The second-order valence-corrected chi connectivity index (χ2v) is 5.77. The number of hydrogen-bond donors (Lipinski definition) is 2. The van der Waals surface area contributed by atoms with Gasteiger partial charge in [-0.15, -0.1) is 0 Å². The van der Waals surface area contributed by atoms with E-state index in [4.69, 9.17) is 0 Å². The zero-order chi connectivity index (χ0) is 15.8. The number of nitrogens with one attached hydrogen (secondary N) is 2. The third-order valence-corrected chi connectivity index (χ3v) is 4.30. The Bertz CT molecular complexity index is 775. The Morgan fingerprint density at radius 2 is 2.26 bits per heavy atom. The van der Waals surface area contributed by atoms with Crippen LogP contribution in [0.3, 0.4) is 0 Å². The quantitative estimate of drug-likeness (QED) is 0.892. The minimum absolute atomic E-state index is 0.0137. The topological polar surface area (TPSA) is 74.3 Å². The van der Waals surface area contributed by atoms with Crippen molar-refractivity contribution in [2.75, 3.05) is 22.1 Å². The van der Waals surface area contributed by atoms with E-state index in [1.165, 1.54) is 0 Å². The zero-order valence-corrected chi connectivity index (χ0v) is 12.5. The first-order chi connectivity index (χ1) is 11.2. The van der Waals surface area contributed by atoms with Crippen LogP contribution in [0.15, 0.2) is 42.7 Å². The molecule has 1 saturated heterocycles. The van der Waals surface area contributed by atoms with Crippen molar-refractivity contribution in [3.63, 3.8) is 0 Å². The third-order valence-electron chi connectivity index (χ3n) is 4.30. The molecule has 3 heterocycles. The molecular formula is C17H16N4O2. The highest BCUT2D eigenvalue weighted by atomic mass is 16.2. The third kappa shape index (κ3) is 2.42. The molecule has 2 aliphatic rings. The van der Waals surface area contributed by atoms with Gasteiger partial charge in [0, 0.05) is 18.3 Å². The van der Waals surface area contributed by atoms with Crippen molar-refractivity contribution in [1.29, 1.82) is 0 Å². The second-order valence-electron chi connectivity index (χ2n) is 5.77. The molecule has 1 atom stereocenters. The van der Waals surface area contributed by atoms with Gasteiger partial charge in [0.25, 0.3) is 5.91 Å². The lowest BCUT2D eigenvalue weighted by Crippen LogP contribution is -2.43. The number of pyridine rings is 1. The van der Waals surface area contributed by atoms with E-state index in [0.29, 0.717) is 16.9 Å². The number of rotatable bonds is 2. The van der Waals surface area contributed by atoms with Gasteiger partial charge in [-0.25, -0.2) is 0 Å². The maximum atomic E-state index is 12.3. The molecule has 1 fully saturated rings. The molecule has 0 bridgehead atoms. The van der Waals surface area contributed by atoms with E-state index in [1.54, 1.807) is 36.7 Å². The lowest BCUT2D eigenvalue weighted by atomic mass is 10.1. The van der Waals surface area contributed by atoms with Crippen LogP contribution in [-0.2, 0) is 4.79 Å². The first-order valence-electron chi connectivity index (χ1n) is 7.65. The van der Waals surface area contributed by atoms with Crippen LogP contribution < -0.4 is 15.5 Å². The van der Waals surface area contributed by atoms with Crippen LogP contribution in [0.2, 0.25) is 0 Å². The summed E-state index contributed by atoms with van der Waals surface area (Å²) >= 11 is 0. The Morgan fingerprint density at radius 3 is 3.09 bits per heavy atom. The molecule has 0 spiro atoms. The number of carbonyl (C=O) groups is 2. The average molecular weight is 308 g/mol. The molecule has 2 N–H and O–H groups in total. The normalized spacial score (nSPS) is 18.9. The first kappa shape index (κ1) is 13.8. The molecule has 2 aliphatic heterocycles. The summed E-state index contributed by atoms with van der Waals surface area (Å²) in [6, 6.07) is 8.89. The van der Waals surface area contributed by atoms with Crippen LogP contribution in [-0.4, -0.2) is 29.4 Å². The molecule has 2 amide bonds. The molecule has 0 radical (unpaired) electrons. The average Bonchev–Trinajstić information content (AvgIpc) is 3.06. The highest BCUT2D eigenvalue weighted by Crippen LogP contribution is 2.37. The fourth-order valence-corrected chi connectivity index (χ4v) is 3.21. The van der Waals surface area contributed by atoms with Crippen molar-refractivity contribution < 1.29 is 9.59 Å². The van der Waals surface area contributed by atoms with Gasteiger partial charge >= 0.3 is 0 Å². The van der Waals surface area contributed by atoms with Crippen LogP contribution in [0.1, 0.15) is 23.2 Å². The second kappa shape index (κ2) is 5.39. The zero-order valence-electron chi connectivity index (χ0n) is 12.5. The predicted octanol–water partition coefficient (Wildman–Crippen LogP) is 2.25. The number of benzene rings is 1. The lowest BCUT2D eigenvalue weighted by molar-refractivity contribution is -0.117. The van der Waals surface area contributed by atoms with Gasteiger partial charge in [0.2, 0.25) is 5.91 Å². The highest BCUT2D eigenvalue weighted by molar-refractivity contribution is 6.08. The van der Waals surface area contributed by atoms with Crippen LogP contribution in [0, 0.1) is 0 Å². The Hall–Kier alpha value is -2.89. The van der Waals surface area contributed by atoms with Crippen LogP contribution >= 0.6 is 0 Å². The molecule has 0 saturated carbocycles. The van der Waals surface area contributed by atoms with Crippen LogP contribution in [0.25, 0.3) is 0 Å². The van der Waals surface area contributed by atoms with E-state index >= 15 is 0 Å². The Morgan fingerprint density at radius 1 is 1.35 bits per heavy atom. The summed E-state index contributed by atoms with van der Waals surface area (Å²) in [5.41, 5.74) is 2.83. The maximum absolute atomic E-state index is 12.3. The SMILES string of the molecule is O=C(Nc1cccnc1)c1ccc2c(c1)NC(=O)[C@@H]1CCCN21. The van der Waals surface area contributed by atoms with E-state index in [-0.39, 0.29) is 17.9 Å². The fraction of sp³-hybridized carbons (Fsp3) is 0.235. The molecule has 1 aromatic heterocycles. The van der Waals surface area contributed by atoms with E-state index < -0.39 is 0 Å². The smallest absolute Gasteiger partial charge is 0.255 e. The number of nitrogens with zero attached hydrogens (tertiary/aromatic N) is 2. The van der Waals surface area contributed by atoms with Gasteiger partial charge in [-0.05, 0) is 43.2 Å². The number of amides is 2. The number of fused-ring (bicyclic) bond motifs is 3. The molecule has 6 nitrogen and oxygen atoms in total. The van der Waals surface area contributed by atoms with Crippen molar-refractivity contribution in [3.05, 3.63) is 48.3 Å². The van der Waals surface area contributed by atoms with Gasteiger partial charge in [-0.3, -0.25) is 14.6 Å². The highest BCUT2D eigenvalue weighted by Gasteiger charge is 2.36. The van der Waals surface area contributed by atoms with E-state index in [1.807, 2.05) is 6.07 Å². The molecule has 0 aliphatic carbocycles. The van der Waals surface area contributed by atoms with Crippen molar-refractivity contribution in [2.24, 2.45) is 0 Å². The number of anilines is 3. The summed E-state index contributed by atoms with van der Waals surface area (Å²) in [7, 11) is 0. The molecule has 6 heteroatoms. The lowest BCUT2D eigenvalue weighted by Gasteiger charge is -2.33. The summed E-state index contributed by atoms with van der Waals surface area (Å²) in [5.74, 6) is -0.210. The number of aromatic nitrogens is 1. The first-order valence-corrected chi connectivity index (χ1v) is 7.65. The van der Waals surface area contributed by atoms with Gasteiger partial charge in [-0.2, -0.15) is 0 Å². The standard InChI is InChI=1S/C17H16N4O2/c22-16(19-12-3-1-7-18-10-12)11-5-6-14-13(9-11)20-17(23)15-4-2-8-21(14)15/h1,3,5-7,9-10,15H,2,4,8H2,(H,19,22)(H,20,23)/t15-/m0/s1. The van der Waals surface area contributed by atoms with Gasteiger partial charge in [0.15, 0.2) is 0 Å². The van der Waals surface area contributed by atoms with Crippen molar-refractivity contribution in [1.82, 2.24) is 4.98 Å². The minimum Gasteiger partial charge on any atom is -0.358 e. The molecule has 23 heavy (non-hydrogen) atoms. The van der Waals surface area contributed by atoms with Gasteiger partial charge in [0.1, 0.15) is 6.04 Å². The molecule has 4 rings (SSSR count). The van der Waals surface area contributed by atoms with Gasteiger partial charge in [-0.1, -0.05) is 0 Å². The largest absolute Gasteiger partial charge is 0.358 e. The van der Waals surface area contributed by atoms with E-state index in [0.717, 1.165) is 25.1 Å². The molecule has 1 aromatic carbocycles. The summed E-state index contributed by atoms with van der Waals surface area (Å²) in [6.07, 6.45) is 5.14. The van der Waals surface area contributed by atoms with E-state index in [2.05, 4.69) is 20.5 Å². The predicted molar refractivity (Wildman–Crippen MR) is 87.6 cm³/mol. The summed E-state index contributed by atoms with van der Waals surface area (Å²) < 4.78 is 0. The number of hydrogen-bond acceptors (Lipinski definition) is 4. The van der Waals surface area contributed by atoms with E-state index in [9.17, 15) is 9.59 Å². The van der Waals surface area contributed by atoms with Crippen molar-refractivity contribution in [2.45, 2.75) is 18.9 Å². The van der Waals surface area contributed by atoms with Gasteiger partial charge in [0.05, 0.1) is 23.3 Å². The molecule has 0 unspecified atom stereocenters. The van der Waals surface area contributed by atoms with Gasteiger partial charge < -0.3 is 15.5 Å². The Kier molecular flexibility index (Phi) is 3.22. The van der Waals surface area contributed by atoms with Crippen LogP contribution in [0.4, 0.5) is 17.1 Å². The molecular weight excluding hydrogens is 292 g/mol. The minimum atomic E-state index is -0.224. The van der Waals surface area contributed by atoms with Crippen molar-refractivity contribution >= 4 is 28.9 Å². The number of carbonyl (C=O) groups excluding carboxylic acids is 2.